The molecule has 1 aliphatic heterocycles. The summed E-state index contributed by atoms with van der Waals surface area (Å²) >= 11 is 6.25. The average Bonchev–Trinajstić information content (AvgIpc) is 2.79. The second-order valence-corrected chi connectivity index (χ2v) is 10.7. The number of benzene rings is 3. The van der Waals surface area contributed by atoms with Crippen LogP contribution in [0.5, 0.6) is 0 Å². The van der Waals surface area contributed by atoms with Gasteiger partial charge in [0.1, 0.15) is 4.90 Å². The SMILES string of the molecule is Cc1cc(C)cc(NS(=O)(=O)c2cc(C(=O)N3CCN(Cc4ccccc4)CC3)ccc2Cl)c1. The van der Waals surface area contributed by atoms with E-state index in [4.69, 9.17) is 11.6 Å². The molecule has 1 saturated heterocycles. The first-order valence-corrected chi connectivity index (χ1v) is 13.0. The Morgan fingerprint density at radius 2 is 1.56 bits per heavy atom. The summed E-state index contributed by atoms with van der Waals surface area (Å²) in [5.74, 6) is -0.195. The molecule has 8 heteroatoms. The highest BCUT2D eigenvalue weighted by atomic mass is 35.5. The predicted octanol–water partition coefficient (Wildman–Crippen LogP) is 4.72. The van der Waals surface area contributed by atoms with E-state index in [2.05, 4.69) is 21.8 Å². The topological polar surface area (TPSA) is 69.7 Å². The molecule has 3 aromatic carbocycles. The van der Waals surface area contributed by atoms with E-state index in [9.17, 15) is 13.2 Å². The maximum Gasteiger partial charge on any atom is 0.263 e. The van der Waals surface area contributed by atoms with Crippen LogP contribution in [0.25, 0.3) is 0 Å². The third-order valence-electron chi connectivity index (χ3n) is 5.85. The zero-order valence-corrected chi connectivity index (χ0v) is 20.9. The number of nitrogens with one attached hydrogen (secondary N) is 1. The molecule has 0 saturated carbocycles. The fourth-order valence-electron chi connectivity index (χ4n) is 4.22. The van der Waals surface area contributed by atoms with Crippen molar-refractivity contribution in [2.75, 3.05) is 30.9 Å². The molecule has 0 unspecified atom stereocenters. The van der Waals surface area contributed by atoms with Crippen molar-refractivity contribution in [3.8, 4) is 0 Å². The summed E-state index contributed by atoms with van der Waals surface area (Å²) in [4.78, 5) is 17.1. The quantitative estimate of drug-likeness (QED) is 0.535. The molecule has 3 aromatic rings. The van der Waals surface area contributed by atoms with Crippen LogP contribution in [0.4, 0.5) is 5.69 Å². The number of anilines is 1. The summed E-state index contributed by atoms with van der Waals surface area (Å²) in [5.41, 5.74) is 3.89. The van der Waals surface area contributed by atoms with Crippen LogP contribution in [0.15, 0.2) is 71.6 Å². The second-order valence-electron chi connectivity index (χ2n) is 8.68. The molecule has 0 aliphatic carbocycles. The Balaban J connectivity index is 1.46. The van der Waals surface area contributed by atoms with Gasteiger partial charge in [-0.05, 0) is 60.9 Å². The Labute approximate surface area is 206 Å². The molecule has 178 valence electrons. The number of nitrogens with zero attached hydrogens (tertiary/aromatic N) is 2. The first kappa shape index (κ1) is 24.3. The minimum absolute atomic E-state index is 0.0705. The highest BCUT2D eigenvalue weighted by molar-refractivity contribution is 7.92. The minimum atomic E-state index is -3.97. The predicted molar refractivity (Wildman–Crippen MR) is 136 cm³/mol. The van der Waals surface area contributed by atoms with E-state index in [1.807, 2.05) is 38.1 Å². The van der Waals surface area contributed by atoms with Crippen molar-refractivity contribution in [3.05, 3.63) is 94.0 Å². The molecular formula is C26H28ClN3O3S. The molecule has 0 atom stereocenters. The van der Waals surface area contributed by atoms with Crippen LogP contribution in [-0.4, -0.2) is 50.3 Å². The van der Waals surface area contributed by atoms with Gasteiger partial charge in [0.05, 0.1) is 5.02 Å². The lowest BCUT2D eigenvalue weighted by molar-refractivity contribution is 0.0628. The van der Waals surface area contributed by atoms with E-state index in [0.29, 0.717) is 24.3 Å². The smallest absolute Gasteiger partial charge is 0.263 e. The van der Waals surface area contributed by atoms with E-state index >= 15 is 0 Å². The molecule has 4 rings (SSSR count). The third-order valence-corrected chi connectivity index (χ3v) is 7.71. The number of rotatable bonds is 6. The number of sulfonamides is 1. The molecule has 0 aromatic heterocycles. The zero-order chi connectivity index (χ0) is 24.3. The largest absolute Gasteiger partial charge is 0.336 e. The van der Waals surface area contributed by atoms with Crippen LogP contribution < -0.4 is 4.72 Å². The van der Waals surface area contributed by atoms with Crippen molar-refractivity contribution in [2.24, 2.45) is 0 Å². The maximum atomic E-state index is 13.2. The van der Waals surface area contributed by atoms with Gasteiger partial charge in [-0.25, -0.2) is 8.42 Å². The molecule has 1 amide bonds. The van der Waals surface area contributed by atoms with Crippen molar-refractivity contribution in [3.63, 3.8) is 0 Å². The van der Waals surface area contributed by atoms with Gasteiger partial charge >= 0.3 is 0 Å². The van der Waals surface area contributed by atoms with E-state index < -0.39 is 10.0 Å². The number of piperazine rings is 1. The molecule has 0 bridgehead atoms. The summed E-state index contributed by atoms with van der Waals surface area (Å²) in [5, 5.41) is 0.0705. The number of carbonyl (C=O) groups excluding carboxylic acids is 1. The van der Waals surface area contributed by atoms with E-state index in [0.717, 1.165) is 30.8 Å². The number of hydrogen-bond donors (Lipinski definition) is 1. The highest BCUT2D eigenvalue weighted by Crippen LogP contribution is 2.27. The van der Waals surface area contributed by atoms with Gasteiger partial charge < -0.3 is 4.90 Å². The monoisotopic (exact) mass is 497 g/mol. The van der Waals surface area contributed by atoms with Gasteiger partial charge in [-0.15, -0.1) is 0 Å². The van der Waals surface area contributed by atoms with Crippen LogP contribution in [0.3, 0.4) is 0 Å². The van der Waals surface area contributed by atoms with Gasteiger partial charge in [0.2, 0.25) is 0 Å². The van der Waals surface area contributed by atoms with Crippen LogP contribution in [0.2, 0.25) is 5.02 Å². The standard InChI is InChI=1S/C26H28ClN3O3S/c1-19-14-20(2)16-23(15-19)28-34(32,33)25-17-22(8-9-24(25)27)26(31)30-12-10-29(11-13-30)18-21-6-4-3-5-7-21/h3-9,14-17,28H,10-13,18H2,1-2H3. The minimum Gasteiger partial charge on any atom is -0.336 e. The molecule has 1 aliphatic rings. The Kier molecular flexibility index (Phi) is 7.26. The summed E-state index contributed by atoms with van der Waals surface area (Å²) in [6, 6.07) is 20.1. The Bertz CT molecular complexity index is 1270. The van der Waals surface area contributed by atoms with Gasteiger partial charge in [0, 0.05) is 44.0 Å². The Morgan fingerprint density at radius 3 is 2.21 bits per heavy atom. The molecule has 0 radical (unpaired) electrons. The number of halogens is 1. The van der Waals surface area contributed by atoms with Crippen LogP contribution in [0, 0.1) is 13.8 Å². The summed E-state index contributed by atoms with van der Waals surface area (Å²) in [6.07, 6.45) is 0. The van der Waals surface area contributed by atoms with Gasteiger partial charge in [0.15, 0.2) is 0 Å². The van der Waals surface area contributed by atoms with Gasteiger partial charge in [0.25, 0.3) is 15.9 Å². The molecule has 0 spiro atoms. The first-order valence-electron chi connectivity index (χ1n) is 11.2. The number of amides is 1. The number of hydrogen-bond acceptors (Lipinski definition) is 4. The summed E-state index contributed by atoms with van der Waals surface area (Å²) < 4.78 is 28.8. The molecule has 1 fully saturated rings. The lowest BCUT2D eigenvalue weighted by Gasteiger charge is -2.34. The normalized spacial score (nSPS) is 14.7. The highest BCUT2D eigenvalue weighted by Gasteiger charge is 2.25. The molecule has 1 N–H and O–H groups in total. The van der Waals surface area contributed by atoms with E-state index in [1.54, 1.807) is 23.1 Å². The fourth-order valence-corrected chi connectivity index (χ4v) is 5.79. The van der Waals surface area contributed by atoms with Crippen LogP contribution in [0.1, 0.15) is 27.0 Å². The van der Waals surface area contributed by atoms with E-state index in [-0.39, 0.29) is 15.8 Å². The molecular weight excluding hydrogens is 470 g/mol. The molecule has 34 heavy (non-hydrogen) atoms. The lowest BCUT2D eigenvalue weighted by Crippen LogP contribution is -2.48. The van der Waals surface area contributed by atoms with E-state index in [1.165, 1.54) is 17.7 Å². The van der Waals surface area contributed by atoms with Crippen molar-refractivity contribution in [1.82, 2.24) is 9.80 Å². The van der Waals surface area contributed by atoms with Gasteiger partial charge in [-0.2, -0.15) is 0 Å². The van der Waals surface area contributed by atoms with Crippen molar-refractivity contribution < 1.29 is 13.2 Å². The first-order chi connectivity index (χ1) is 16.2. The summed E-state index contributed by atoms with van der Waals surface area (Å²) in [7, 11) is -3.97. The summed E-state index contributed by atoms with van der Waals surface area (Å²) in [6.45, 7) is 7.32. The van der Waals surface area contributed by atoms with Crippen LogP contribution >= 0.6 is 11.6 Å². The van der Waals surface area contributed by atoms with Crippen LogP contribution in [-0.2, 0) is 16.6 Å². The van der Waals surface area contributed by atoms with Crippen molar-refractivity contribution >= 4 is 33.2 Å². The molecule has 1 heterocycles. The van der Waals surface area contributed by atoms with Gasteiger partial charge in [-0.3, -0.25) is 14.4 Å². The molecule has 6 nitrogen and oxygen atoms in total. The second kappa shape index (κ2) is 10.2. The maximum absolute atomic E-state index is 13.2. The fraction of sp³-hybridized carbons (Fsp3) is 0.269. The Morgan fingerprint density at radius 1 is 0.912 bits per heavy atom. The van der Waals surface area contributed by atoms with Gasteiger partial charge in [-0.1, -0.05) is 48.0 Å². The average molecular weight is 498 g/mol. The number of carbonyl (C=O) groups is 1. The third kappa shape index (κ3) is 5.78. The lowest BCUT2D eigenvalue weighted by atomic mass is 10.1. The van der Waals surface area contributed by atoms with Crippen molar-refractivity contribution in [1.29, 1.82) is 0 Å². The Hall–Kier alpha value is -2.87. The number of aryl methyl sites for hydroxylation is 2. The van der Waals surface area contributed by atoms with Crippen molar-refractivity contribution in [2.45, 2.75) is 25.3 Å². The zero-order valence-electron chi connectivity index (χ0n) is 19.3.